The zero-order valence-electron chi connectivity index (χ0n) is 12.1. The van der Waals surface area contributed by atoms with E-state index >= 15 is 0 Å². The minimum Gasteiger partial charge on any atom is -0.369 e. The molecule has 2 aliphatic rings. The zero-order chi connectivity index (χ0) is 14.3. The molecule has 1 aromatic rings. The van der Waals surface area contributed by atoms with Crippen molar-refractivity contribution in [3.63, 3.8) is 0 Å². The van der Waals surface area contributed by atoms with Crippen molar-refractivity contribution in [2.45, 2.75) is 38.6 Å². The van der Waals surface area contributed by atoms with Gasteiger partial charge in [-0.15, -0.1) is 0 Å². The molecule has 1 heterocycles. The molecule has 3 rings (SSSR count). The molecule has 2 unspecified atom stereocenters. The third kappa shape index (κ3) is 2.28. The fourth-order valence-corrected chi connectivity index (χ4v) is 4.28. The molecule has 108 valence electrons. The highest BCUT2D eigenvalue weighted by Crippen LogP contribution is 2.44. The molecule has 4 heteroatoms. The van der Waals surface area contributed by atoms with E-state index < -0.39 is 0 Å². The van der Waals surface area contributed by atoms with E-state index in [1.165, 1.54) is 6.42 Å². The van der Waals surface area contributed by atoms with Crippen LogP contribution in [0.5, 0.6) is 0 Å². The molecule has 0 bridgehead atoms. The Morgan fingerprint density at radius 1 is 1.20 bits per heavy atom. The third-order valence-corrected chi connectivity index (χ3v) is 4.84. The Morgan fingerprint density at radius 3 is 2.40 bits per heavy atom. The Bertz CT molecular complexity index is 513. The highest BCUT2D eigenvalue weighted by molar-refractivity contribution is 6.30. The molecule has 0 amide bonds. The summed E-state index contributed by atoms with van der Waals surface area (Å²) >= 11 is 6.00. The molecule has 2 atom stereocenters. The Hall–Kier alpha value is -1.22. The summed E-state index contributed by atoms with van der Waals surface area (Å²) in [5.74, 6) is 2.08. The molecule has 1 spiro atoms. The van der Waals surface area contributed by atoms with Crippen LogP contribution in [-0.2, 0) is 0 Å². The van der Waals surface area contributed by atoms with E-state index in [4.69, 9.17) is 17.3 Å². The second-order valence-electron chi connectivity index (χ2n) is 6.56. The molecule has 1 aliphatic heterocycles. The normalized spacial score (nSPS) is 33.5. The van der Waals surface area contributed by atoms with Gasteiger partial charge >= 0.3 is 0 Å². The van der Waals surface area contributed by atoms with E-state index in [1.807, 2.05) is 24.3 Å². The van der Waals surface area contributed by atoms with Crippen LogP contribution in [0.4, 0.5) is 5.69 Å². The number of guanidine groups is 1. The van der Waals surface area contributed by atoms with Crippen molar-refractivity contribution >= 4 is 23.2 Å². The van der Waals surface area contributed by atoms with Gasteiger partial charge in [-0.2, -0.15) is 0 Å². The molecule has 1 saturated carbocycles. The summed E-state index contributed by atoms with van der Waals surface area (Å²) in [6.45, 7) is 5.49. The third-order valence-electron chi connectivity index (χ3n) is 4.59. The van der Waals surface area contributed by atoms with Gasteiger partial charge in [-0.05, 0) is 55.4 Å². The van der Waals surface area contributed by atoms with Crippen molar-refractivity contribution < 1.29 is 0 Å². The molecular weight excluding hydrogens is 270 g/mol. The van der Waals surface area contributed by atoms with Crippen molar-refractivity contribution in [3.05, 3.63) is 29.3 Å². The van der Waals surface area contributed by atoms with Crippen LogP contribution in [0.1, 0.15) is 33.1 Å². The lowest BCUT2D eigenvalue weighted by Gasteiger charge is -2.46. The van der Waals surface area contributed by atoms with Gasteiger partial charge in [0.2, 0.25) is 0 Å². The molecule has 0 radical (unpaired) electrons. The van der Waals surface area contributed by atoms with E-state index in [2.05, 4.69) is 23.7 Å². The van der Waals surface area contributed by atoms with Gasteiger partial charge in [-0.25, -0.2) is 0 Å². The van der Waals surface area contributed by atoms with E-state index in [9.17, 15) is 0 Å². The molecule has 2 N–H and O–H groups in total. The summed E-state index contributed by atoms with van der Waals surface area (Å²) in [7, 11) is 0. The maximum absolute atomic E-state index is 6.19. The highest BCUT2D eigenvalue weighted by Gasteiger charge is 2.47. The molecule has 0 saturated heterocycles. The van der Waals surface area contributed by atoms with Crippen LogP contribution >= 0.6 is 11.6 Å². The first-order valence-electron chi connectivity index (χ1n) is 7.36. The number of hydrogen-bond donors (Lipinski definition) is 1. The summed E-state index contributed by atoms with van der Waals surface area (Å²) in [5.41, 5.74) is 7.36. The number of nitrogens with zero attached hydrogens (tertiary/aromatic N) is 2. The van der Waals surface area contributed by atoms with Crippen LogP contribution in [0.2, 0.25) is 5.02 Å². The molecule has 20 heavy (non-hydrogen) atoms. The largest absolute Gasteiger partial charge is 0.369 e. The summed E-state index contributed by atoms with van der Waals surface area (Å²) in [5, 5.41) is 0.753. The Labute approximate surface area is 125 Å². The zero-order valence-corrected chi connectivity index (χ0v) is 12.9. The number of rotatable bonds is 1. The van der Waals surface area contributed by atoms with Crippen molar-refractivity contribution in [2.24, 2.45) is 22.6 Å². The van der Waals surface area contributed by atoms with E-state index in [1.54, 1.807) is 0 Å². The van der Waals surface area contributed by atoms with Crippen LogP contribution < -0.4 is 10.6 Å². The first kappa shape index (κ1) is 13.7. The molecule has 1 aliphatic carbocycles. The van der Waals surface area contributed by atoms with Crippen LogP contribution in [0, 0.1) is 11.8 Å². The van der Waals surface area contributed by atoms with Gasteiger partial charge in [0.25, 0.3) is 0 Å². The Morgan fingerprint density at radius 2 is 1.80 bits per heavy atom. The predicted octanol–water partition coefficient (Wildman–Crippen LogP) is 3.67. The highest BCUT2D eigenvalue weighted by atomic mass is 35.5. The van der Waals surface area contributed by atoms with Crippen LogP contribution in [-0.4, -0.2) is 18.0 Å². The second-order valence-corrected chi connectivity index (χ2v) is 7.00. The smallest absolute Gasteiger partial charge is 0.196 e. The average molecular weight is 292 g/mol. The molecule has 1 aromatic carbocycles. The minimum atomic E-state index is 0.0645. The molecule has 3 nitrogen and oxygen atoms in total. The van der Waals surface area contributed by atoms with Crippen molar-refractivity contribution in [1.29, 1.82) is 0 Å². The lowest BCUT2D eigenvalue weighted by molar-refractivity contribution is 0.197. The minimum absolute atomic E-state index is 0.0645. The molecular formula is C16H22ClN3. The first-order chi connectivity index (χ1) is 9.50. The topological polar surface area (TPSA) is 41.6 Å². The van der Waals surface area contributed by atoms with Crippen molar-refractivity contribution in [1.82, 2.24) is 0 Å². The number of aliphatic imine (C=N–C) groups is 1. The summed E-state index contributed by atoms with van der Waals surface area (Å²) in [6.07, 6.45) is 3.62. The van der Waals surface area contributed by atoms with Gasteiger partial charge in [0.1, 0.15) is 0 Å². The lowest BCUT2D eigenvalue weighted by Crippen LogP contribution is -2.55. The van der Waals surface area contributed by atoms with Gasteiger partial charge in [0.05, 0.1) is 12.1 Å². The number of benzene rings is 1. The summed E-state index contributed by atoms with van der Waals surface area (Å²) < 4.78 is 0. The van der Waals surface area contributed by atoms with E-state index in [0.717, 1.165) is 41.9 Å². The number of halogens is 1. The maximum atomic E-state index is 6.19. The number of anilines is 1. The van der Waals surface area contributed by atoms with Gasteiger partial charge in [-0.3, -0.25) is 4.99 Å². The lowest BCUT2D eigenvalue weighted by atomic mass is 9.71. The Balaban J connectivity index is 1.97. The molecule has 1 fully saturated rings. The SMILES string of the molecule is CC1CC(C)CC2(CN=C(N)N2c2ccc(Cl)cc2)C1. The van der Waals surface area contributed by atoms with Gasteiger partial charge in [0.15, 0.2) is 5.96 Å². The quantitative estimate of drug-likeness (QED) is 0.858. The van der Waals surface area contributed by atoms with E-state index in [0.29, 0.717) is 5.96 Å². The van der Waals surface area contributed by atoms with Crippen molar-refractivity contribution in [2.75, 3.05) is 11.4 Å². The number of nitrogens with two attached hydrogens (primary N) is 1. The van der Waals surface area contributed by atoms with Crippen LogP contribution in [0.15, 0.2) is 29.3 Å². The summed E-state index contributed by atoms with van der Waals surface area (Å²) in [4.78, 5) is 6.80. The van der Waals surface area contributed by atoms with Crippen LogP contribution in [0.25, 0.3) is 0 Å². The first-order valence-corrected chi connectivity index (χ1v) is 7.74. The standard InChI is InChI=1S/C16H22ClN3/c1-11-7-12(2)9-16(8-11)10-19-15(18)20(16)14-5-3-13(17)4-6-14/h3-6,11-12H,7-10H2,1-2H3,(H2,18,19). The average Bonchev–Trinajstić information content (AvgIpc) is 2.66. The van der Waals surface area contributed by atoms with Gasteiger partial charge in [0, 0.05) is 10.7 Å². The second kappa shape index (κ2) is 4.96. The van der Waals surface area contributed by atoms with Gasteiger partial charge in [-0.1, -0.05) is 25.4 Å². The van der Waals surface area contributed by atoms with Crippen molar-refractivity contribution in [3.8, 4) is 0 Å². The maximum Gasteiger partial charge on any atom is 0.196 e. The Kier molecular flexibility index (Phi) is 3.41. The van der Waals surface area contributed by atoms with Gasteiger partial charge < -0.3 is 10.6 Å². The predicted molar refractivity (Wildman–Crippen MR) is 85.3 cm³/mol. The molecule has 0 aromatic heterocycles. The van der Waals surface area contributed by atoms with E-state index in [-0.39, 0.29) is 5.54 Å². The van der Waals surface area contributed by atoms with Crippen LogP contribution in [0.3, 0.4) is 0 Å². The fourth-order valence-electron chi connectivity index (χ4n) is 4.15. The summed E-state index contributed by atoms with van der Waals surface area (Å²) in [6, 6.07) is 7.93. The fraction of sp³-hybridized carbons (Fsp3) is 0.562. The number of hydrogen-bond acceptors (Lipinski definition) is 3. The monoisotopic (exact) mass is 291 g/mol.